The number of rotatable bonds is 5. The van der Waals surface area contributed by atoms with E-state index >= 15 is 0 Å². The first-order chi connectivity index (χ1) is 8.42. The molecule has 17 heavy (non-hydrogen) atoms. The highest BCUT2D eigenvalue weighted by molar-refractivity contribution is 5.49. The van der Waals surface area contributed by atoms with E-state index in [2.05, 4.69) is 29.2 Å². The Balaban J connectivity index is 1.51. The molecule has 2 heteroatoms. The third kappa shape index (κ3) is 2.93. The summed E-state index contributed by atoms with van der Waals surface area (Å²) < 4.78 is 5.76. The van der Waals surface area contributed by atoms with Crippen LogP contribution >= 0.6 is 0 Å². The summed E-state index contributed by atoms with van der Waals surface area (Å²) in [5.41, 5.74) is 1.34. The zero-order valence-electron chi connectivity index (χ0n) is 10.4. The first-order valence-corrected chi connectivity index (χ1v) is 6.89. The van der Waals surface area contributed by atoms with E-state index in [9.17, 15) is 0 Å². The fraction of sp³-hybridized carbons (Fsp3) is 0.600. The van der Waals surface area contributed by atoms with Crippen LogP contribution in [0, 0.1) is 5.92 Å². The molecule has 92 valence electrons. The maximum absolute atomic E-state index is 5.76. The summed E-state index contributed by atoms with van der Waals surface area (Å²) in [5, 5.41) is 0. The van der Waals surface area contributed by atoms with Crippen LogP contribution in [0.1, 0.15) is 32.1 Å². The Hall–Kier alpha value is -1.18. The zero-order chi connectivity index (χ0) is 11.5. The minimum absolute atomic E-state index is 0.883. The Morgan fingerprint density at radius 2 is 1.76 bits per heavy atom. The van der Waals surface area contributed by atoms with E-state index in [1.165, 1.54) is 50.9 Å². The van der Waals surface area contributed by atoms with Gasteiger partial charge in [0.15, 0.2) is 0 Å². The van der Waals surface area contributed by atoms with Crippen molar-refractivity contribution in [2.24, 2.45) is 5.92 Å². The molecule has 0 atom stereocenters. The van der Waals surface area contributed by atoms with Gasteiger partial charge in [0.25, 0.3) is 0 Å². The second-order valence-electron chi connectivity index (χ2n) is 5.27. The number of hydrogen-bond acceptors (Lipinski definition) is 2. The second kappa shape index (κ2) is 4.99. The highest BCUT2D eigenvalue weighted by atomic mass is 16.5. The van der Waals surface area contributed by atoms with Gasteiger partial charge in [-0.15, -0.1) is 0 Å². The SMILES string of the molecule is c1cc(N2CCCC2)ccc1OCCC1CC1. The number of benzene rings is 1. The summed E-state index contributed by atoms with van der Waals surface area (Å²) >= 11 is 0. The molecule has 0 N–H and O–H groups in total. The van der Waals surface area contributed by atoms with Gasteiger partial charge in [0.2, 0.25) is 0 Å². The smallest absolute Gasteiger partial charge is 0.119 e. The molecule has 2 nitrogen and oxygen atoms in total. The van der Waals surface area contributed by atoms with Crippen molar-refractivity contribution in [3.63, 3.8) is 0 Å². The van der Waals surface area contributed by atoms with Crippen molar-refractivity contribution in [1.29, 1.82) is 0 Å². The molecule has 0 amide bonds. The quantitative estimate of drug-likeness (QED) is 0.769. The molecular formula is C15H21NO. The molecule has 1 saturated heterocycles. The molecule has 2 fully saturated rings. The monoisotopic (exact) mass is 231 g/mol. The van der Waals surface area contributed by atoms with Crippen LogP contribution in [0.3, 0.4) is 0 Å². The van der Waals surface area contributed by atoms with Crippen LogP contribution in [0.15, 0.2) is 24.3 Å². The third-order valence-electron chi connectivity index (χ3n) is 3.80. The number of ether oxygens (including phenoxy) is 1. The van der Waals surface area contributed by atoms with Crippen molar-refractivity contribution in [1.82, 2.24) is 0 Å². The summed E-state index contributed by atoms with van der Waals surface area (Å²) in [6.45, 7) is 3.30. The predicted molar refractivity (Wildman–Crippen MR) is 70.7 cm³/mol. The first-order valence-electron chi connectivity index (χ1n) is 6.89. The van der Waals surface area contributed by atoms with Gasteiger partial charge in [-0.05, 0) is 49.4 Å². The van der Waals surface area contributed by atoms with Crippen LogP contribution in [0.4, 0.5) is 5.69 Å². The lowest BCUT2D eigenvalue weighted by molar-refractivity contribution is 0.302. The van der Waals surface area contributed by atoms with Crippen molar-refractivity contribution >= 4 is 5.69 Å². The number of nitrogens with zero attached hydrogens (tertiary/aromatic N) is 1. The summed E-state index contributed by atoms with van der Waals surface area (Å²) in [6, 6.07) is 8.61. The Bertz CT molecular complexity index is 350. The van der Waals surface area contributed by atoms with Crippen LogP contribution in [0.25, 0.3) is 0 Å². The van der Waals surface area contributed by atoms with Crippen LogP contribution in [-0.4, -0.2) is 19.7 Å². The molecule has 1 heterocycles. The van der Waals surface area contributed by atoms with Gasteiger partial charge < -0.3 is 9.64 Å². The van der Waals surface area contributed by atoms with Gasteiger partial charge in [-0.25, -0.2) is 0 Å². The fourth-order valence-electron chi connectivity index (χ4n) is 2.48. The average Bonchev–Trinajstić information content (AvgIpc) is 3.03. The molecule has 3 rings (SSSR count). The Morgan fingerprint density at radius 1 is 1.06 bits per heavy atom. The standard InChI is InChI=1S/C15H21NO/c1-2-11-16(10-1)14-5-7-15(8-6-14)17-12-9-13-3-4-13/h5-8,13H,1-4,9-12H2. The molecular weight excluding hydrogens is 210 g/mol. The van der Waals surface area contributed by atoms with Crippen LogP contribution in [-0.2, 0) is 0 Å². The molecule has 1 aromatic carbocycles. The molecule has 0 radical (unpaired) electrons. The van der Waals surface area contributed by atoms with E-state index in [4.69, 9.17) is 4.74 Å². The summed E-state index contributed by atoms with van der Waals surface area (Å²) in [6.07, 6.45) is 6.72. The van der Waals surface area contributed by atoms with Gasteiger partial charge in [-0.3, -0.25) is 0 Å². The predicted octanol–water partition coefficient (Wildman–Crippen LogP) is 3.47. The average molecular weight is 231 g/mol. The molecule has 0 spiro atoms. The lowest BCUT2D eigenvalue weighted by Crippen LogP contribution is -2.17. The van der Waals surface area contributed by atoms with Crippen molar-refractivity contribution in [2.45, 2.75) is 32.1 Å². The van der Waals surface area contributed by atoms with Gasteiger partial charge in [0, 0.05) is 18.8 Å². The molecule has 0 bridgehead atoms. The maximum atomic E-state index is 5.76. The summed E-state index contributed by atoms with van der Waals surface area (Å²) in [7, 11) is 0. The summed E-state index contributed by atoms with van der Waals surface area (Å²) in [4.78, 5) is 2.45. The van der Waals surface area contributed by atoms with Crippen molar-refractivity contribution in [3.05, 3.63) is 24.3 Å². The van der Waals surface area contributed by atoms with Crippen molar-refractivity contribution < 1.29 is 4.74 Å². The lowest BCUT2D eigenvalue weighted by Gasteiger charge is -2.17. The molecule has 2 aliphatic rings. The highest BCUT2D eigenvalue weighted by Gasteiger charge is 2.20. The number of hydrogen-bond donors (Lipinski definition) is 0. The van der Waals surface area contributed by atoms with Crippen molar-refractivity contribution in [3.8, 4) is 5.75 Å². The lowest BCUT2D eigenvalue weighted by atomic mass is 10.2. The largest absolute Gasteiger partial charge is 0.494 e. The van der Waals surface area contributed by atoms with Gasteiger partial charge in [0.05, 0.1) is 6.61 Å². The minimum atomic E-state index is 0.883. The molecule has 1 aromatic rings. The van der Waals surface area contributed by atoms with Crippen LogP contribution in [0.5, 0.6) is 5.75 Å². The second-order valence-corrected chi connectivity index (χ2v) is 5.27. The van der Waals surface area contributed by atoms with E-state index in [0.29, 0.717) is 0 Å². The molecule has 0 aromatic heterocycles. The van der Waals surface area contributed by atoms with E-state index in [1.807, 2.05) is 0 Å². The van der Waals surface area contributed by atoms with Gasteiger partial charge in [-0.1, -0.05) is 12.8 Å². The van der Waals surface area contributed by atoms with Crippen LogP contribution in [0.2, 0.25) is 0 Å². The fourth-order valence-corrected chi connectivity index (χ4v) is 2.48. The highest BCUT2D eigenvalue weighted by Crippen LogP contribution is 2.32. The van der Waals surface area contributed by atoms with Gasteiger partial charge >= 0.3 is 0 Å². The first kappa shape index (κ1) is 10.9. The Morgan fingerprint density at radius 3 is 2.41 bits per heavy atom. The molecule has 1 saturated carbocycles. The third-order valence-corrected chi connectivity index (χ3v) is 3.80. The maximum Gasteiger partial charge on any atom is 0.119 e. The minimum Gasteiger partial charge on any atom is -0.494 e. The molecule has 0 unspecified atom stereocenters. The van der Waals surface area contributed by atoms with Crippen molar-refractivity contribution in [2.75, 3.05) is 24.6 Å². The van der Waals surface area contributed by atoms with E-state index in [-0.39, 0.29) is 0 Å². The summed E-state index contributed by atoms with van der Waals surface area (Å²) in [5.74, 6) is 1.98. The van der Waals surface area contributed by atoms with E-state index in [0.717, 1.165) is 18.3 Å². The van der Waals surface area contributed by atoms with Gasteiger partial charge in [0.1, 0.15) is 5.75 Å². The normalized spacial score (nSPS) is 19.6. The van der Waals surface area contributed by atoms with E-state index < -0.39 is 0 Å². The number of anilines is 1. The molecule has 1 aliphatic heterocycles. The Kier molecular flexibility index (Phi) is 3.21. The zero-order valence-corrected chi connectivity index (χ0v) is 10.4. The van der Waals surface area contributed by atoms with Crippen LogP contribution < -0.4 is 9.64 Å². The Labute approximate surface area is 104 Å². The molecule has 1 aliphatic carbocycles. The van der Waals surface area contributed by atoms with E-state index in [1.54, 1.807) is 0 Å². The topological polar surface area (TPSA) is 12.5 Å². The van der Waals surface area contributed by atoms with Gasteiger partial charge in [-0.2, -0.15) is 0 Å².